The molecule has 2 aromatic heterocycles. The molecule has 1 N–H and O–H groups in total. The predicted molar refractivity (Wildman–Crippen MR) is 79.7 cm³/mol. The molecule has 2 heterocycles. The maximum Gasteiger partial charge on any atom is 0.132 e. The number of aromatic nitrogens is 4. The molecule has 4 rings (SSSR count). The van der Waals surface area contributed by atoms with E-state index in [0.717, 1.165) is 29.7 Å². The van der Waals surface area contributed by atoms with Gasteiger partial charge in [-0.1, -0.05) is 0 Å². The second-order valence-corrected chi connectivity index (χ2v) is 6.60. The minimum absolute atomic E-state index is 0.127. The van der Waals surface area contributed by atoms with Crippen LogP contribution in [0.4, 0.5) is 5.82 Å². The number of hydrogen-bond acceptors (Lipinski definition) is 4. The molecule has 2 aliphatic carbocycles. The Balaban J connectivity index is 1.53. The molecule has 5 nitrogen and oxygen atoms in total. The number of halogens is 1. The highest BCUT2D eigenvalue weighted by atomic mass is 79.9. The smallest absolute Gasteiger partial charge is 0.132 e. The second-order valence-electron chi connectivity index (χ2n) is 5.68. The highest BCUT2D eigenvalue weighted by Crippen LogP contribution is 2.43. The molecule has 0 radical (unpaired) electrons. The quantitative estimate of drug-likeness (QED) is 0.934. The van der Waals surface area contributed by atoms with Crippen molar-refractivity contribution in [3.8, 4) is 0 Å². The standard InChI is InChI=1S/C14H16BrN5/c15-10-6-19-20(7-10)14(4-5-14)8-16-13-11-2-1-3-12(11)17-9-18-13/h6-7,9H,1-5,8H2,(H,16,17,18). The molecule has 2 aliphatic rings. The number of aryl methyl sites for hydroxylation is 1. The number of nitrogens with zero attached hydrogens (tertiary/aromatic N) is 4. The molecule has 0 bridgehead atoms. The molecular formula is C14H16BrN5. The van der Waals surface area contributed by atoms with Crippen molar-refractivity contribution in [3.05, 3.63) is 34.5 Å². The Morgan fingerprint density at radius 1 is 1.30 bits per heavy atom. The Kier molecular flexibility index (Phi) is 2.80. The minimum Gasteiger partial charge on any atom is -0.367 e. The van der Waals surface area contributed by atoms with E-state index in [0.29, 0.717) is 0 Å². The fraction of sp³-hybridized carbons (Fsp3) is 0.500. The van der Waals surface area contributed by atoms with Crippen LogP contribution in [0.15, 0.2) is 23.2 Å². The first-order chi connectivity index (χ1) is 9.77. The first-order valence-electron chi connectivity index (χ1n) is 7.04. The molecule has 0 spiro atoms. The van der Waals surface area contributed by atoms with Crippen molar-refractivity contribution in [2.24, 2.45) is 0 Å². The monoisotopic (exact) mass is 333 g/mol. The van der Waals surface area contributed by atoms with E-state index in [1.165, 1.54) is 30.5 Å². The van der Waals surface area contributed by atoms with Gasteiger partial charge in [0.2, 0.25) is 0 Å². The van der Waals surface area contributed by atoms with Gasteiger partial charge in [0, 0.05) is 24.0 Å². The van der Waals surface area contributed by atoms with Crippen LogP contribution in [-0.4, -0.2) is 26.3 Å². The van der Waals surface area contributed by atoms with Crippen molar-refractivity contribution >= 4 is 21.7 Å². The predicted octanol–water partition coefficient (Wildman–Crippen LogP) is 2.53. The van der Waals surface area contributed by atoms with Gasteiger partial charge in [0.25, 0.3) is 0 Å². The van der Waals surface area contributed by atoms with Gasteiger partial charge in [-0.3, -0.25) is 4.68 Å². The van der Waals surface area contributed by atoms with Crippen LogP contribution in [0.25, 0.3) is 0 Å². The summed E-state index contributed by atoms with van der Waals surface area (Å²) in [4.78, 5) is 8.79. The first-order valence-corrected chi connectivity index (χ1v) is 7.83. The van der Waals surface area contributed by atoms with Gasteiger partial charge in [-0.2, -0.15) is 5.10 Å². The lowest BCUT2D eigenvalue weighted by Crippen LogP contribution is -2.27. The molecule has 0 atom stereocenters. The molecule has 0 saturated heterocycles. The van der Waals surface area contributed by atoms with Crippen LogP contribution in [-0.2, 0) is 18.4 Å². The zero-order valence-corrected chi connectivity index (χ0v) is 12.7. The van der Waals surface area contributed by atoms with E-state index in [2.05, 4.69) is 47.2 Å². The summed E-state index contributed by atoms with van der Waals surface area (Å²) in [5, 5.41) is 7.96. The molecule has 0 aromatic carbocycles. The largest absolute Gasteiger partial charge is 0.367 e. The molecule has 0 amide bonds. The zero-order valence-electron chi connectivity index (χ0n) is 11.1. The summed E-state index contributed by atoms with van der Waals surface area (Å²) in [6.07, 6.45) is 11.3. The van der Waals surface area contributed by atoms with E-state index in [4.69, 9.17) is 0 Å². The molecular weight excluding hydrogens is 318 g/mol. The van der Waals surface area contributed by atoms with Crippen molar-refractivity contribution in [1.82, 2.24) is 19.7 Å². The van der Waals surface area contributed by atoms with Crippen LogP contribution in [0.3, 0.4) is 0 Å². The van der Waals surface area contributed by atoms with E-state index < -0.39 is 0 Å². The average molecular weight is 334 g/mol. The SMILES string of the molecule is Brc1cnn(C2(CNc3ncnc4c3CCC4)CC2)c1. The van der Waals surface area contributed by atoms with Gasteiger partial charge >= 0.3 is 0 Å². The van der Waals surface area contributed by atoms with E-state index in [1.54, 1.807) is 6.33 Å². The number of rotatable bonds is 4. The number of fused-ring (bicyclic) bond motifs is 1. The highest BCUT2D eigenvalue weighted by molar-refractivity contribution is 9.10. The Hall–Kier alpha value is -1.43. The fourth-order valence-electron chi connectivity index (χ4n) is 2.95. The third-order valence-corrected chi connectivity index (χ3v) is 4.73. The Morgan fingerprint density at radius 3 is 2.95 bits per heavy atom. The van der Waals surface area contributed by atoms with Gasteiger partial charge in [-0.05, 0) is 48.0 Å². The van der Waals surface area contributed by atoms with E-state index in [1.807, 2.05) is 6.20 Å². The zero-order chi connectivity index (χ0) is 13.6. The maximum absolute atomic E-state index is 4.43. The van der Waals surface area contributed by atoms with Crippen molar-refractivity contribution in [2.75, 3.05) is 11.9 Å². The van der Waals surface area contributed by atoms with E-state index in [-0.39, 0.29) is 5.54 Å². The average Bonchev–Trinajstić information content (AvgIpc) is 2.87. The molecule has 0 unspecified atom stereocenters. The Bertz CT molecular complexity index is 647. The summed E-state index contributed by atoms with van der Waals surface area (Å²) < 4.78 is 3.11. The Labute approximate surface area is 125 Å². The molecule has 6 heteroatoms. The van der Waals surface area contributed by atoms with Gasteiger partial charge in [-0.25, -0.2) is 9.97 Å². The third kappa shape index (κ3) is 2.02. The molecule has 2 aromatic rings. The highest BCUT2D eigenvalue weighted by Gasteiger charge is 2.45. The summed E-state index contributed by atoms with van der Waals surface area (Å²) in [6.45, 7) is 0.880. The summed E-state index contributed by atoms with van der Waals surface area (Å²) in [5.41, 5.74) is 2.65. The lowest BCUT2D eigenvalue weighted by Gasteiger charge is -2.18. The molecule has 104 valence electrons. The molecule has 1 fully saturated rings. The van der Waals surface area contributed by atoms with Gasteiger partial charge in [0.05, 0.1) is 16.2 Å². The fourth-order valence-corrected chi connectivity index (χ4v) is 3.24. The van der Waals surface area contributed by atoms with Crippen LogP contribution >= 0.6 is 15.9 Å². The summed E-state index contributed by atoms with van der Waals surface area (Å²) in [5.74, 6) is 1.02. The molecule has 0 aliphatic heterocycles. The van der Waals surface area contributed by atoms with Crippen molar-refractivity contribution in [1.29, 1.82) is 0 Å². The summed E-state index contributed by atoms with van der Waals surface area (Å²) >= 11 is 3.46. The summed E-state index contributed by atoms with van der Waals surface area (Å²) in [7, 11) is 0. The molecule has 20 heavy (non-hydrogen) atoms. The van der Waals surface area contributed by atoms with Crippen molar-refractivity contribution in [2.45, 2.75) is 37.6 Å². The lowest BCUT2D eigenvalue weighted by molar-refractivity contribution is 0.452. The normalized spacial score (nSPS) is 18.9. The van der Waals surface area contributed by atoms with Crippen LogP contribution in [0, 0.1) is 0 Å². The van der Waals surface area contributed by atoms with E-state index in [9.17, 15) is 0 Å². The van der Waals surface area contributed by atoms with Crippen molar-refractivity contribution < 1.29 is 0 Å². The topological polar surface area (TPSA) is 55.6 Å². The Morgan fingerprint density at radius 2 is 2.20 bits per heavy atom. The van der Waals surface area contributed by atoms with Gasteiger partial charge < -0.3 is 5.32 Å². The van der Waals surface area contributed by atoms with E-state index >= 15 is 0 Å². The maximum atomic E-state index is 4.43. The minimum atomic E-state index is 0.127. The third-order valence-electron chi connectivity index (χ3n) is 4.32. The van der Waals surface area contributed by atoms with Crippen LogP contribution < -0.4 is 5.32 Å². The number of nitrogens with one attached hydrogen (secondary N) is 1. The van der Waals surface area contributed by atoms with Gasteiger partial charge in [-0.15, -0.1) is 0 Å². The second kappa shape index (κ2) is 4.55. The summed E-state index contributed by atoms with van der Waals surface area (Å²) in [6, 6.07) is 0. The van der Waals surface area contributed by atoms with Crippen LogP contribution in [0.2, 0.25) is 0 Å². The first kappa shape index (κ1) is 12.3. The number of hydrogen-bond donors (Lipinski definition) is 1. The molecule has 1 saturated carbocycles. The number of anilines is 1. The lowest BCUT2D eigenvalue weighted by atomic mass is 10.2. The van der Waals surface area contributed by atoms with Gasteiger partial charge in [0.15, 0.2) is 0 Å². The van der Waals surface area contributed by atoms with Crippen LogP contribution in [0.1, 0.15) is 30.5 Å². The van der Waals surface area contributed by atoms with Crippen molar-refractivity contribution in [3.63, 3.8) is 0 Å². The van der Waals surface area contributed by atoms with Crippen LogP contribution in [0.5, 0.6) is 0 Å². The van der Waals surface area contributed by atoms with Gasteiger partial charge in [0.1, 0.15) is 12.1 Å².